The number of nitrogens with two attached hydrogens (primary N) is 1. The van der Waals surface area contributed by atoms with E-state index < -0.39 is 0 Å². The first kappa shape index (κ1) is 15.3. The standard InChI is InChI=1S/C13H23N5OS/c1-8(13(15)19-6-5-10-3-4-10)12(14)16-7-11-18-17-9(2)20-11/h8,10,12,15-16H,3-7,14H2,1-2H3. The molecule has 1 aliphatic carbocycles. The number of hydrogen-bond donors (Lipinski definition) is 3. The van der Waals surface area contributed by atoms with Crippen molar-refractivity contribution >= 4 is 17.2 Å². The maximum Gasteiger partial charge on any atom is 0.186 e. The van der Waals surface area contributed by atoms with Crippen molar-refractivity contribution < 1.29 is 4.74 Å². The molecule has 0 spiro atoms. The summed E-state index contributed by atoms with van der Waals surface area (Å²) in [7, 11) is 0. The number of aryl methyl sites for hydroxylation is 1. The lowest BCUT2D eigenvalue weighted by molar-refractivity contribution is 0.255. The Morgan fingerprint density at radius 3 is 2.90 bits per heavy atom. The zero-order valence-electron chi connectivity index (χ0n) is 12.1. The largest absolute Gasteiger partial charge is 0.481 e. The third-order valence-corrected chi connectivity index (χ3v) is 4.33. The minimum absolute atomic E-state index is 0.150. The van der Waals surface area contributed by atoms with Crippen molar-refractivity contribution in [1.29, 1.82) is 5.41 Å². The molecule has 0 radical (unpaired) electrons. The van der Waals surface area contributed by atoms with Gasteiger partial charge in [-0.3, -0.25) is 10.7 Å². The quantitative estimate of drug-likeness (QED) is 0.385. The van der Waals surface area contributed by atoms with Gasteiger partial charge in [0.2, 0.25) is 0 Å². The van der Waals surface area contributed by atoms with Gasteiger partial charge in [0.05, 0.1) is 25.2 Å². The molecule has 6 nitrogen and oxygen atoms in total. The molecule has 0 aromatic carbocycles. The van der Waals surface area contributed by atoms with Crippen LogP contribution in [0.15, 0.2) is 0 Å². The topological polar surface area (TPSA) is 96.9 Å². The van der Waals surface area contributed by atoms with E-state index in [1.54, 1.807) is 11.3 Å². The first-order chi connectivity index (χ1) is 9.56. The fraction of sp³-hybridized carbons (Fsp3) is 0.769. The summed E-state index contributed by atoms with van der Waals surface area (Å²) >= 11 is 1.55. The molecule has 0 aliphatic heterocycles. The van der Waals surface area contributed by atoms with E-state index in [-0.39, 0.29) is 18.0 Å². The van der Waals surface area contributed by atoms with Crippen LogP contribution in [0, 0.1) is 24.2 Å². The summed E-state index contributed by atoms with van der Waals surface area (Å²) in [5.41, 5.74) is 6.04. The van der Waals surface area contributed by atoms with Gasteiger partial charge in [0, 0.05) is 0 Å². The predicted molar refractivity (Wildman–Crippen MR) is 79.6 cm³/mol. The van der Waals surface area contributed by atoms with Gasteiger partial charge in [0.25, 0.3) is 0 Å². The van der Waals surface area contributed by atoms with Crippen LogP contribution < -0.4 is 11.1 Å². The Morgan fingerprint density at radius 2 is 2.30 bits per heavy atom. The second kappa shape index (κ2) is 7.10. The third-order valence-electron chi connectivity index (χ3n) is 3.49. The molecule has 2 atom stereocenters. The van der Waals surface area contributed by atoms with Gasteiger partial charge in [-0.15, -0.1) is 21.5 Å². The van der Waals surface area contributed by atoms with Crippen molar-refractivity contribution in [2.45, 2.75) is 45.8 Å². The first-order valence-electron chi connectivity index (χ1n) is 7.05. The van der Waals surface area contributed by atoms with E-state index in [0.717, 1.165) is 22.4 Å². The Kier molecular flexibility index (Phi) is 5.45. The van der Waals surface area contributed by atoms with Gasteiger partial charge >= 0.3 is 0 Å². The van der Waals surface area contributed by atoms with Crippen molar-refractivity contribution in [1.82, 2.24) is 15.5 Å². The minimum atomic E-state index is -0.312. The van der Waals surface area contributed by atoms with Crippen LogP contribution >= 0.6 is 11.3 Å². The van der Waals surface area contributed by atoms with Crippen LogP contribution in [-0.2, 0) is 11.3 Å². The van der Waals surface area contributed by atoms with Crippen LogP contribution in [0.2, 0.25) is 0 Å². The van der Waals surface area contributed by atoms with Crippen molar-refractivity contribution in [2.75, 3.05) is 6.61 Å². The number of aromatic nitrogens is 2. The molecule has 1 fully saturated rings. The number of ether oxygens (including phenoxy) is 1. The zero-order valence-corrected chi connectivity index (χ0v) is 12.9. The summed E-state index contributed by atoms with van der Waals surface area (Å²) in [5, 5.41) is 20.9. The molecule has 2 rings (SSSR count). The Bertz CT molecular complexity index is 446. The van der Waals surface area contributed by atoms with E-state index in [9.17, 15) is 0 Å². The summed E-state index contributed by atoms with van der Waals surface area (Å²) in [4.78, 5) is 0. The second-order valence-electron chi connectivity index (χ2n) is 5.35. The SMILES string of the molecule is Cc1nnc(CNC(N)C(C)C(=N)OCCC2CC2)s1. The van der Waals surface area contributed by atoms with Crippen LogP contribution in [0.1, 0.15) is 36.2 Å². The number of rotatable bonds is 8. The minimum Gasteiger partial charge on any atom is -0.481 e. The average molecular weight is 297 g/mol. The molecule has 0 saturated heterocycles. The maximum absolute atomic E-state index is 7.91. The van der Waals surface area contributed by atoms with Crippen molar-refractivity contribution in [2.24, 2.45) is 17.6 Å². The third kappa shape index (κ3) is 4.81. The van der Waals surface area contributed by atoms with Crippen LogP contribution in [-0.4, -0.2) is 28.9 Å². The molecule has 4 N–H and O–H groups in total. The van der Waals surface area contributed by atoms with Gasteiger partial charge in [-0.2, -0.15) is 0 Å². The number of nitrogens with zero attached hydrogens (tertiary/aromatic N) is 2. The molecule has 1 heterocycles. The highest BCUT2D eigenvalue weighted by molar-refractivity contribution is 7.11. The van der Waals surface area contributed by atoms with Gasteiger partial charge in [0.15, 0.2) is 5.90 Å². The van der Waals surface area contributed by atoms with Crippen molar-refractivity contribution in [3.8, 4) is 0 Å². The molecule has 7 heteroatoms. The van der Waals surface area contributed by atoms with E-state index in [1.807, 2.05) is 13.8 Å². The summed E-state index contributed by atoms with van der Waals surface area (Å²) < 4.78 is 5.47. The van der Waals surface area contributed by atoms with Crippen molar-refractivity contribution in [3.63, 3.8) is 0 Å². The van der Waals surface area contributed by atoms with Gasteiger partial charge in [-0.25, -0.2) is 0 Å². The average Bonchev–Trinajstić information content (AvgIpc) is 3.16. The molecule has 1 saturated carbocycles. The summed E-state index contributed by atoms with van der Waals surface area (Å²) in [6.07, 6.45) is 3.37. The second-order valence-corrected chi connectivity index (χ2v) is 6.62. The molecular weight excluding hydrogens is 274 g/mol. The van der Waals surface area contributed by atoms with Gasteiger partial charge < -0.3 is 10.5 Å². The van der Waals surface area contributed by atoms with E-state index in [1.165, 1.54) is 12.8 Å². The van der Waals surface area contributed by atoms with Crippen LogP contribution in [0.3, 0.4) is 0 Å². The summed E-state index contributed by atoms with van der Waals surface area (Å²) in [5.74, 6) is 0.938. The Hall–Kier alpha value is -1.05. The van der Waals surface area contributed by atoms with Crippen LogP contribution in [0.25, 0.3) is 0 Å². The first-order valence-corrected chi connectivity index (χ1v) is 7.87. The fourth-order valence-electron chi connectivity index (χ4n) is 1.83. The molecule has 1 aliphatic rings. The monoisotopic (exact) mass is 297 g/mol. The van der Waals surface area contributed by atoms with E-state index in [2.05, 4.69) is 15.5 Å². The lowest BCUT2D eigenvalue weighted by atomic mass is 10.1. The lowest BCUT2D eigenvalue weighted by Gasteiger charge is -2.21. The fourth-order valence-corrected chi connectivity index (χ4v) is 2.49. The molecule has 0 bridgehead atoms. The highest BCUT2D eigenvalue weighted by atomic mass is 32.1. The number of hydrogen-bond acceptors (Lipinski definition) is 7. The van der Waals surface area contributed by atoms with Crippen LogP contribution in [0.5, 0.6) is 0 Å². The number of nitrogens with one attached hydrogen (secondary N) is 2. The zero-order chi connectivity index (χ0) is 14.5. The van der Waals surface area contributed by atoms with Crippen LogP contribution in [0.4, 0.5) is 0 Å². The highest BCUT2D eigenvalue weighted by Gasteiger charge is 2.23. The maximum atomic E-state index is 7.91. The molecule has 0 amide bonds. The van der Waals surface area contributed by atoms with E-state index in [4.69, 9.17) is 15.9 Å². The van der Waals surface area contributed by atoms with E-state index in [0.29, 0.717) is 13.2 Å². The Labute approximate surface area is 123 Å². The molecule has 1 aromatic heterocycles. The van der Waals surface area contributed by atoms with Gasteiger partial charge in [0.1, 0.15) is 10.0 Å². The summed E-state index contributed by atoms with van der Waals surface area (Å²) in [6, 6.07) is 0. The Morgan fingerprint density at radius 1 is 1.55 bits per heavy atom. The highest BCUT2D eigenvalue weighted by Crippen LogP contribution is 2.32. The predicted octanol–water partition coefficient (Wildman–Crippen LogP) is 1.65. The molecule has 20 heavy (non-hydrogen) atoms. The Balaban J connectivity index is 1.66. The molecule has 112 valence electrons. The van der Waals surface area contributed by atoms with Crippen molar-refractivity contribution in [3.05, 3.63) is 10.0 Å². The molecular formula is C13H23N5OS. The van der Waals surface area contributed by atoms with Gasteiger partial charge in [-0.1, -0.05) is 19.8 Å². The normalized spacial score (nSPS) is 17.8. The summed E-state index contributed by atoms with van der Waals surface area (Å²) in [6.45, 7) is 5.04. The molecule has 1 aromatic rings. The van der Waals surface area contributed by atoms with E-state index >= 15 is 0 Å². The molecule has 2 unspecified atom stereocenters. The lowest BCUT2D eigenvalue weighted by Crippen LogP contribution is -2.45. The smallest absolute Gasteiger partial charge is 0.186 e. The van der Waals surface area contributed by atoms with Gasteiger partial charge in [-0.05, 0) is 19.3 Å².